The normalized spacial score (nSPS) is 19.5. The number of aromatic nitrogens is 1. The van der Waals surface area contributed by atoms with Crippen molar-refractivity contribution in [2.24, 2.45) is 0 Å². The number of carbonyl (C=O) groups excluding carboxylic acids is 1. The van der Waals surface area contributed by atoms with Crippen molar-refractivity contribution < 1.29 is 17.9 Å². The van der Waals surface area contributed by atoms with Gasteiger partial charge in [-0.25, -0.2) is 13.4 Å². The average Bonchev–Trinajstić information content (AvgIpc) is 3.55. The molecule has 2 aliphatic heterocycles. The van der Waals surface area contributed by atoms with E-state index < -0.39 is 16.1 Å². The Morgan fingerprint density at radius 1 is 1.16 bits per heavy atom. The summed E-state index contributed by atoms with van der Waals surface area (Å²) in [6.45, 7) is 4.78. The zero-order chi connectivity index (χ0) is 26.0. The second kappa shape index (κ2) is 11.6. The molecule has 5 rings (SSSR count). The number of anilines is 1. The predicted molar refractivity (Wildman–Crippen MR) is 150 cm³/mol. The maximum atomic E-state index is 14.0. The first kappa shape index (κ1) is 27.0. The summed E-state index contributed by atoms with van der Waals surface area (Å²) in [6.07, 6.45) is 1.85. The smallest absolute Gasteiger partial charge is 0.247 e. The molecule has 1 atom stereocenters. The first-order chi connectivity index (χ1) is 17.8. The van der Waals surface area contributed by atoms with Crippen molar-refractivity contribution in [2.75, 3.05) is 50.8 Å². The second-order valence-electron chi connectivity index (χ2n) is 9.13. The number of nitrogens with zero attached hydrogens (tertiary/aromatic N) is 4. The molecule has 0 bridgehead atoms. The lowest BCUT2D eigenvalue weighted by atomic mass is 10.2. The third kappa shape index (κ3) is 6.03. The molecule has 0 aliphatic carbocycles. The van der Waals surface area contributed by atoms with Crippen LogP contribution < -0.4 is 4.90 Å². The number of amides is 1. The van der Waals surface area contributed by atoms with E-state index in [4.69, 9.17) is 21.3 Å². The van der Waals surface area contributed by atoms with Gasteiger partial charge >= 0.3 is 0 Å². The summed E-state index contributed by atoms with van der Waals surface area (Å²) in [7, 11) is -3.85. The number of hydrogen-bond acceptors (Lipinski definition) is 7. The fourth-order valence-electron chi connectivity index (χ4n) is 4.78. The second-order valence-corrected chi connectivity index (χ2v) is 13.4. The minimum Gasteiger partial charge on any atom is -0.379 e. The molecule has 0 saturated carbocycles. The van der Waals surface area contributed by atoms with E-state index in [2.05, 4.69) is 20.8 Å². The van der Waals surface area contributed by atoms with Gasteiger partial charge in [0.2, 0.25) is 15.9 Å². The lowest BCUT2D eigenvalue weighted by molar-refractivity contribution is -0.121. The van der Waals surface area contributed by atoms with Crippen LogP contribution in [0.15, 0.2) is 51.8 Å². The highest BCUT2D eigenvalue weighted by atomic mass is 79.9. The summed E-state index contributed by atoms with van der Waals surface area (Å²) < 4.78 is 35.7. The average molecular weight is 628 g/mol. The van der Waals surface area contributed by atoms with E-state index in [-0.39, 0.29) is 10.8 Å². The van der Waals surface area contributed by atoms with Crippen LogP contribution in [-0.4, -0.2) is 80.5 Å². The lowest BCUT2D eigenvalue weighted by Gasteiger charge is -2.30. The maximum Gasteiger partial charge on any atom is 0.247 e. The Hall–Kier alpha value is -1.60. The van der Waals surface area contributed by atoms with Gasteiger partial charge in [-0.2, -0.15) is 4.31 Å². The van der Waals surface area contributed by atoms with Crippen LogP contribution in [-0.2, 0) is 19.6 Å². The quantitative estimate of drug-likeness (QED) is 0.363. The summed E-state index contributed by atoms with van der Waals surface area (Å²) in [5, 5.41) is 1.05. The minimum absolute atomic E-state index is 0.139. The van der Waals surface area contributed by atoms with Crippen molar-refractivity contribution in [1.82, 2.24) is 14.2 Å². The molecule has 3 heterocycles. The summed E-state index contributed by atoms with van der Waals surface area (Å²) in [5.74, 6) is -0.227. The van der Waals surface area contributed by atoms with Gasteiger partial charge in [0.15, 0.2) is 5.13 Å². The SMILES string of the molecule is O=C(C1CCCN1S(=O)(=O)c1ccc(Cl)cc1)N(CCCN1CCOCC1)c1nc2ccc(Br)cc2s1. The van der Waals surface area contributed by atoms with E-state index in [1.807, 2.05) is 18.2 Å². The summed E-state index contributed by atoms with van der Waals surface area (Å²) in [4.78, 5) is 23.0. The fraction of sp³-hybridized carbons (Fsp3) is 0.440. The van der Waals surface area contributed by atoms with E-state index in [0.717, 1.165) is 54.0 Å². The van der Waals surface area contributed by atoms with Crippen LogP contribution in [0.3, 0.4) is 0 Å². The van der Waals surface area contributed by atoms with Crippen molar-refractivity contribution in [1.29, 1.82) is 0 Å². The van der Waals surface area contributed by atoms with Crippen LogP contribution in [0.4, 0.5) is 5.13 Å². The third-order valence-corrected chi connectivity index (χ3v) is 10.4. The summed E-state index contributed by atoms with van der Waals surface area (Å²) in [6, 6.07) is 11.1. The third-order valence-electron chi connectivity index (χ3n) is 6.70. The van der Waals surface area contributed by atoms with Gasteiger partial charge in [-0.1, -0.05) is 38.9 Å². The van der Waals surface area contributed by atoms with Gasteiger partial charge in [-0.15, -0.1) is 0 Å². The molecule has 2 fully saturated rings. The Labute approximate surface area is 234 Å². The molecule has 0 N–H and O–H groups in total. The van der Waals surface area contributed by atoms with E-state index >= 15 is 0 Å². The number of sulfonamides is 1. The Bertz CT molecular complexity index is 1360. The highest BCUT2D eigenvalue weighted by molar-refractivity contribution is 9.10. The molecule has 198 valence electrons. The van der Waals surface area contributed by atoms with Gasteiger partial charge in [0.25, 0.3) is 0 Å². The van der Waals surface area contributed by atoms with E-state index in [1.165, 1.54) is 27.8 Å². The molecule has 2 saturated heterocycles. The molecule has 3 aromatic rings. The Morgan fingerprint density at radius 3 is 2.68 bits per heavy atom. The van der Waals surface area contributed by atoms with Gasteiger partial charge in [0.05, 0.1) is 28.3 Å². The van der Waals surface area contributed by atoms with Crippen molar-refractivity contribution in [3.05, 3.63) is 52.0 Å². The summed E-state index contributed by atoms with van der Waals surface area (Å²) >= 11 is 10.9. The van der Waals surface area contributed by atoms with Crippen molar-refractivity contribution >= 4 is 70.1 Å². The molecule has 12 heteroatoms. The number of rotatable bonds is 8. The van der Waals surface area contributed by atoms with Crippen molar-refractivity contribution in [3.8, 4) is 0 Å². The molecule has 8 nitrogen and oxygen atoms in total. The standard InChI is InChI=1S/C25H28BrClN4O4S2/c26-18-4-9-21-23(17-18)36-25(28-21)30(11-2-10-29-13-15-35-16-14-29)24(32)22-3-1-12-31(22)37(33,34)20-7-5-19(27)6-8-20/h4-9,17,22H,1-3,10-16H2. The topological polar surface area (TPSA) is 83.1 Å². The Morgan fingerprint density at radius 2 is 1.92 bits per heavy atom. The number of hydrogen-bond donors (Lipinski definition) is 0. The van der Waals surface area contributed by atoms with E-state index in [9.17, 15) is 13.2 Å². The summed E-state index contributed by atoms with van der Waals surface area (Å²) in [5.41, 5.74) is 0.811. The minimum atomic E-state index is -3.85. The van der Waals surface area contributed by atoms with Crippen LogP contribution in [0, 0.1) is 0 Å². The molecule has 1 amide bonds. The van der Waals surface area contributed by atoms with Crippen molar-refractivity contribution in [2.45, 2.75) is 30.2 Å². The van der Waals surface area contributed by atoms with Crippen LogP contribution in [0.5, 0.6) is 0 Å². The van der Waals surface area contributed by atoms with Gasteiger partial charge in [0.1, 0.15) is 6.04 Å². The Kier molecular flexibility index (Phi) is 8.49. The highest BCUT2D eigenvalue weighted by Gasteiger charge is 2.42. The number of fused-ring (bicyclic) bond motifs is 1. The fourth-order valence-corrected chi connectivity index (χ4v) is 8.10. The largest absolute Gasteiger partial charge is 0.379 e. The molecule has 1 unspecified atom stereocenters. The van der Waals surface area contributed by atoms with Crippen molar-refractivity contribution in [3.63, 3.8) is 0 Å². The molecule has 2 aliphatic rings. The number of carbonyl (C=O) groups is 1. The zero-order valence-corrected chi connectivity index (χ0v) is 24.2. The molecule has 1 aromatic heterocycles. The first-order valence-corrected chi connectivity index (χ1v) is 15.7. The van der Waals surface area contributed by atoms with Crippen LogP contribution in [0.2, 0.25) is 5.02 Å². The van der Waals surface area contributed by atoms with E-state index in [1.54, 1.807) is 17.0 Å². The molecule has 0 spiro atoms. The molecular formula is C25H28BrClN4O4S2. The number of benzene rings is 2. The molecule has 2 aromatic carbocycles. The monoisotopic (exact) mass is 626 g/mol. The van der Waals surface area contributed by atoms with Gasteiger partial charge in [-0.3, -0.25) is 14.6 Å². The maximum absolute atomic E-state index is 14.0. The Balaban J connectivity index is 1.41. The van der Waals surface area contributed by atoms with Gasteiger partial charge in [0, 0.05) is 42.2 Å². The number of ether oxygens (including phenoxy) is 1. The zero-order valence-electron chi connectivity index (χ0n) is 20.2. The van der Waals surface area contributed by atoms with Gasteiger partial charge < -0.3 is 4.74 Å². The molecule has 37 heavy (non-hydrogen) atoms. The van der Waals surface area contributed by atoms with Crippen LogP contribution in [0.1, 0.15) is 19.3 Å². The molecular weight excluding hydrogens is 600 g/mol. The van der Waals surface area contributed by atoms with E-state index in [0.29, 0.717) is 36.1 Å². The highest BCUT2D eigenvalue weighted by Crippen LogP contribution is 2.34. The van der Waals surface area contributed by atoms with Gasteiger partial charge in [-0.05, 0) is 61.7 Å². The number of halogens is 2. The lowest BCUT2D eigenvalue weighted by Crippen LogP contribution is -2.48. The van der Waals surface area contributed by atoms with Crippen LogP contribution in [0.25, 0.3) is 10.2 Å². The predicted octanol–water partition coefficient (Wildman–Crippen LogP) is 4.62. The first-order valence-electron chi connectivity index (χ1n) is 12.3. The number of morpholine rings is 1. The molecule has 0 radical (unpaired) electrons. The van der Waals surface area contributed by atoms with Crippen LogP contribution >= 0.6 is 38.9 Å². The number of thiazole rings is 1.